The van der Waals surface area contributed by atoms with Crippen molar-refractivity contribution in [1.82, 2.24) is 10.2 Å². The Bertz CT molecular complexity index is 997. The number of rotatable bonds is 1. The lowest BCUT2D eigenvalue weighted by Crippen LogP contribution is -2.59. The highest BCUT2D eigenvalue weighted by Gasteiger charge is 2.84. The summed E-state index contributed by atoms with van der Waals surface area (Å²) in [5.74, 6) is 2.45. The molecule has 1 aliphatic heterocycles. The summed E-state index contributed by atoms with van der Waals surface area (Å²) in [4.78, 5) is 0. The zero-order chi connectivity index (χ0) is 23.9. The van der Waals surface area contributed by atoms with Gasteiger partial charge in [-0.05, 0) is 96.7 Å². The van der Waals surface area contributed by atoms with Gasteiger partial charge in [0.15, 0.2) is 0 Å². The van der Waals surface area contributed by atoms with Gasteiger partial charge in [-0.3, -0.25) is 0 Å². The van der Waals surface area contributed by atoms with E-state index in [1.807, 2.05) is 0 Å². The van der Waals surface area contributed by atoms with Crippen molar-refractivity contribution in [3.8, 4) is 0 Å². The first-order valence-electron chi connectivity index (χ1n) is 13.8. The predicted molar refractivity (Wildman–Crippen MR) is 125 cm³/mol. The molecule has 2 spiro atoms. The summed E-state index contributed by atoms with van der Waals surface area (Å²) in [6.07, 6.45) is 9.41. The first kappa shape index (κ1) is 22.2. The smallest absolute Gasteiger partial charge is 0.244 e. The van der Waals surface area contributed by atoms with Crippen LogP contribution >= 0.6 is 0 Å². The quantitative estimate of drug-likeness (QED) is 0.606. The molecule has 7 rings (SSSR count). The molecule has 2 heterocycles. The molecule has 1 aromatic heterocycles. The van der Waals surface area contributed by atoms with Crippen LogP contribution in [0.2, 0.25) is 0 Å². The SMILES string of the molecule is CC1CC(c2nnco2)OC2C1C1(C)CCC34CC35CCC(O)C(C)(C)C5CCC4C1(C)C2O. The van der Waals surface area contributed by atoms with E-state index >= 15 is 0 Å². The lowest BCUT2D eigenvalue weighted by Gasteiger charge is -2.63. The second-order valence-corrected chi connectivity index (χ2v) is 14.3. The molecule has 1 aromatic rings. The Morgan fingerprint density at radius 2 is 1.71 bits per heavy atom. The van der Waals surface area contributed by atoms with Gasteiger partial charge in [0.05, 0.1) is 18.3 Å². The van der Waals surface area contributed by atoms with Crippen molar-refractivity contribution in [3.05, 3.63) is 12.3 Å². The third kappa shape index (κ3) is 2.23. The summed E-state index contributed by atoms with van der Waals surface area (Å²) in [7, 11) is 0. The van der Waals surface area contributed by atoms with E-state index in [9.17, 15) is 10.2 Å². The monoisotopic (exact) mass is 470 g/mol. The van der Waals surface area contributed by atoms with E-state index in [0.717, 1.165) is 12.8 Å². The van der Waals surface area contributed by atoms with Crippen LogP contribution in [0.15, 0.2) is 10.8 Å². The van der Waals surface area contributed by atoms with E-state index in [4.69, 9.17) is 9.15 Å². The average molecular weight is 471 g/mol. The lowest BCUT2D eigenvalue weighted by atomic mass is 9.41. The van der Waals surface area contributed by atoms with Crippen molar-refractivity contribution >= 4 is 0 Å². The lowest BCUT2D eigenvalue weighted by molar-refractivity contribution is -0.182. The van der Waals surface area contributed by atoms with E-state index in [1.54, 1.807) is 0 Å². The number of hydrogen-bond donors (Lipinski definition) is 2. The Hall–Kier alpha value is -0.980. The summed E-state index contributed by atoms with van der Waals surface area (Å²) in [5.41, 5.74) is 0.603. The maximum Gasteiger partial charge on any atom is 0.244 e. The standard InChI is InChI=1S/C28H42N2O4/c1-15-12-16(23-30-29-14-33-23)34-21-20(15)25(4)10-11-28-13-27(28)9-8-19(31)24(2,3)17(27)6-7-18(28)26(25,5)22(21)32/h14-22,31-32H,6-13H2,1-5H3. The van der Waals surface area contributed by atoms with Gasteiger partial charge in [-0.15, -0.1) is 10.2 Å². The van der Waals surface area contributed by atoms with Gasteiger partial charge in [-0.1, -0.05) is 34.6 Å². The van der Waals surface area contributed by atoms with E-state index in [1.165, 1.54) is 44.9 Å². The highest BCUT2D eigenvalue weighted by molar-refractivity contribution is 5.32. The van der Waals surface area contributed by atoms with E-state index in [2.05, 4.69) is 44.8 Å². The molecule has 188 valence electrons. The van der Waals surface area contributed by atoms with Crippen LogP contribution in [0.4, 0.5) is 0 Å². The molecule has 12 atom stereocenters. The summed E-state index contributed by atoms with van der Waals surface area (Å²) in [6, 6.07) is 0. The molecular formula is C28H42N2O4. The molecule has 1 saturated heterocycles. The molecular weight excluding hydrogens is 428 g/mol. The summed E-state index contributed by atoms with van der Waals surface area (Å²) in [6.45, 7) is 11.9. The minimum absolute atomic E-state index is 0.00836. The van der Waals surface area contributed by atoms with Gasteiger partial charge in [-0.25, -0.2) is 0 Å². The van der Waals surface area contributed by atoms with Crippen molar-refractivity contribution in [1.29, 1.82) is 0 Å². The summed E-state index contributed by atoms with van der Waals surface area (Å²) >= 11 is 0. The second kappa shape index (κ2) is 6.47. The van der Waals surface area contributed by atoms with Crippen LogP contribution in [0.3, 0.4) is 0 Å². The average Bonchev–Trinajstić information content (AvgIpc) is 3.07. The Kier molecular flexibility index (Phi) is 4.23. The molecule has 34 heavy (non-hydrogen) atoms. The fourth-order valence-electron chi connectivity index (χ4n) is 11.8. The van der Waals surface area contributed by atoms with Gasteiger partial charge in [0.1, 0.15) is 6.10 Å². The number of fused-ring (bicyclic) bond motifs is 4. The Morgan fingerprint density at radius 1 is 0.971 bits per heavy atom. The van der Waals surface area contributed by atoms with Crippen molar-refractivity contribution < 1.29 is 19.4 Å². The molecule has 6 heteroatoms. The number of ether oxygens (including phenoxy) is 1. The van der Waals surface area contributed by atoms with Crippen LogP contribution in [0.5, 0.6) is 0 Å². The highest BCUT2D eigenvalue weighted by Crippen LogP contribution is 2.89. The second-order valence-electron chi connectivity index (χ2n) is 14.3. The van der Waals surface area contributed by atoms with Crippen LogP contribution in [-0.4, -0.2) is 38.7 Å². The van der Waals surface area contributed by atoms with Crippen molar-refractivity contribution in [3.63, 3.8) is 0 Å². The minimum Gasteiger partial charge on any atom is -0.425 e. The Balaban J connectivity index is 1.27. The van der Waals surface area contributed by atoms with Gasteiger partial charge in [0, 0.05) is 5.41 Å². The molecule has 6 aliphatic rings. The summed E-state index contributed by atoms with van der Waals surface area (Å²) < 4.78 is 12.2. The van der Waals surface area contributed by atoms with E-state index < -0.39 is 6.10 Å². The number of aromatic nitrogens is 2. The maximum atomic E-state index is 12.2. The predicted octanol–water partition coefficient (Wildman–Crippen LogP) is 4.92. The molecule has 5 saturated carbocycles. The van der Waals surface area contributed by atoms with Crippen molar-refractivity contribution in [2.75, 3.05) is 0 Å². The first-order chi connectivity index (χ1) is 16.0. The first-order valence-corrected chi connectivity index (χ1v) is 13.8. The van der Waals surface area contributed by atoms with E-state index in [0.29, 0.717) is 40.4 Å². The molecule has 6 fully saturated rings. The molecule has 2 N–H and O–H groups in total. The number of aliphatic hydroxyl groups excluding tert-OH is 2. The number of aliphatic hydroxyl groups is 2. The van der Waals surface area contributed by atoms with Crippen LogP contribution in [0.25, 0.3) is 0 Å². The third-order valence-electron chi connectivity index (χ3n) is 13.4. The van der Waals surface area contributed by atoms with Gasteiger partial charge in [-0.2, -0.15) is 0 Å². The minimum atomic E-state index is -0.478. The largest absolute Gasteiger partial charge is 0.425 e. The third-order valence-corrected chi connectivity index (χ3v) is 13.4. The maximum absolute atomic E-state index is 12.2. The van der Waals surface area contributed by atoms with Crippen LogP contribution < -0.4 is 0 Å². The van der Waals surface area contributed by atoms with Crippen molar-refractivity contribution in [2.24, 2.45) is 50.7 Å². The summed E-state index contributed by atoms with van der Waals surface area (Å²) in [5, 5.41) is 31.1. The van der Waals surface area contributed by atoms with E-state index in [-0.39, 0.29) is 34.6 Å². The zero-order valence-corrected chi connectivity index (χ0v) is 21.5. The Labute approximate surface area is 203 Å². The molecule has 6 nitrogen and oxygen atoms in total. The van der Waals surface area contributed by atoms with Crippen LogP contribution in [0.1, 0.15) is 98.0 Å². The van der Waals surface area contributed by atoms with Gasteiger partial charge >= 0.3 is 0 Å². The molecule has 0 aromatic carbocycles. The van der Waals surface area contributed by atoms with Crippen LogP contribution in [-0.2, 0) is 4.74 Å². The van der Waals surface area contributed by atoms with Gasteiger partial charge < -0.3 is 19.4 Å². The molecule has 0 radical (unpaired) electrons. The van der Waals surface area contributed by atoms with Gasteiger partial charge in [0.25, 0.3) is 0 Å². The number of hydrogen-bond acceptors (Lipinski definition) is 6. The molecule has 5 aliphatic carbocycles. The molecule has 12 unspecified atom stereocenters. The fourth-order valence-corrected chi connectivity index (χ4v) is 11.8. The van der Waals surface area contributed by atoms with Gasteiger partial charge in [0.2, 0.25) is 12.3 Å². The fraction of sp³-hybridized carbons (Fsp3) is 0.929. The normalized spacial score (nSPS) is 59.3. The topological polar surface area (TPSA) is 88.6 Å². The molecule has 0 amide bonds. The highest BCUT2D eigenvalue weighted by atomic mass is 16.5. The van der Waals surface area contributed by atoms with Crippen molar-refractivity contribution in [2.45, 2.75) is 110 Å². The zero-order valence-electron chi connectivity index (χ0n) is 21.5. The Morgan fingerprint density at radius 3 is 2.44 bits per heavy atom. The van der Waals surface area contributed by atoms with Crippen LogP contribution in [0, 0.1) is 50.7 Å². The number of nitrogens with zero attached hydrogens (tertiary/aromatic N) is 2. The molecule has 0 bridgehead atoms.